The van der Waals surface area contributed by atoms with Crippen molar-refractivity contribution in [1.29, 1.82) is 0 Å². The number of hydrogen-bond donors (Lipinski definition) is 4. The molecule has 0 spiro atoms. The normalized spacial score (nSPS) is 27.4. The van der Waals surface area contributed by atoms with Crippen LogP contribution in [0.25, 0.3) is 0 Å². The lowest BCUT2D eigenvalue weighted by Gasteiger charge is -2.34. The third kappa shape index (κ3) is 12.8. The highest BCUT2D eigenvalue weighted by atomic mass is 16.6. The Morgan fingerprint density at radius 1 is 1.00 bits per heavy atom. The summed E-state index contributed by atoms with van der Waals surface area (Å²) in [4.78, 5) is 82.7. The number of aliphatic hydroxyl groups is 1. The van der Waals surface area contributed by atoms with Gasteiger partial charge < -0.3 is 45.3 Å². The summed E-state index contributed by atoms with van der Waals surface area (Å²) >= 11 is 0. The molecule has 60 heavy (non-hydrogen) atoms. The summed E-state index contributed by atoms with van der Waals surface area (Å²) in [7, 11) is 2.87. The largest absolute Gasteiger partial charge is 0.450 e. The van der Waals surface area contributed by atoms with Crippen LogP contribution in [0.15, 0.2) is 82.8 Å². The van der Waals surface area contributed by atoms with E-state index in [9.17, 15) is 33.9 Å². The van der Waals surface area contributed by atoms with E-state index < -0.39 is 59.8 Å². The second kappa shape index (κ2) is 22.3. The molecule has 4 rings (SSSR count). The Hall–Kier alpha value is -5.42. The second-order valence-corrected chi connectivity index (χ2v) is 15.4. The van der Waals surface area contributed by atoms with Crippen LogP contribution in [0.5, 0.6) is 0 Å². The van der Waals surface area contributed by atoms with Crippen molar-refractivity contribution in [3.05, 3.63) is 93.9 Å². The number of nitrogens with zero attached hydrogens (tertiary/aromatic N) is 2. The average Bonchev–Trinajstić information content (AvgIpc) is 3.22. The quantitative estimate of drug-likeness (QED) is 0.208. The molecule has 1 aromatic rings. The van der Waals surface area contributed by atoms with E-state index >= 15 is 0 Å². The molecular weight excluding hydrogens is 775 g/mol. The van der Waals surface area contributed by atoms with Crippen LogP contribution < -0.4 is 16.4 Å². The molecule has 1 fully saturated rings. The van der Waals surface area contributed by atoms with Crippen LogP contribution in [-0.2, 0) is 39.8 Å². The molecule has 2 aliphatic heterocycles. The predicted octanol–water partition coefficient (Wildman–Crippen LogP) is 3.51. The van der Waals surface area contributed by atoms with Crippen molar-refractivity contribution in [3.8, 4) is 0 Å². The fraction of sp³-hybridized carbons (Fsp3) is 0.500. The summed E-state index contributed by atoms with van der Waals surface area (Å²) < 4.78 is 21.8. The SMILES string of the molecule is CCOC(=O)N1CCN(CCc2ccc(C(=O)NC3=C4C[C@@H](C)C[C@H](OC)[C@H](O)[C@@H](C)/C=C(\C)[C@H](OC(N)=O)[C@@H](OC)/C=C\C=C(/C)C(=O)NC(=CC3=O)C4=O)cc2)CC1. The van der Waals surface area contributed by atoms with Gasteiger partial charge in [-0.05, 0) is 69.2 Å². The van der Waals surface area contributed by atoms with Crippen molar-refractivity contribution < 1.29 is 52.8 Å². The van der Waals surface area contributed by atoms with Gasteiger partial charge in [0.1, 0.15) is 6.10 Å². The number of primary amides is 1. The van der Waals surface area contributed by atoms with Crippen molar-refractivity contribution in [2.45, 2.75) is 78.3 Å². The summed E-state index contributed by atoms with van der Waals surface area (Å²) in [6, 6.07) is 6.98. The van der Waals surface area contributed by atoms with Crippen LogP contribution in [-0.4, -0.2) is 128 Å². The number of benzene rings is 1. The molecule has 0 unspecified atom stereocenters. The van der Waals surface area contributed by atoms with Gasteiger partial charge >= 0.3 is 12.2 Å². The van der Waals surface area contributed by atoms with Crippen LogP contribution in [0.2, 0.25) is 0 Å². The summed E-state index contributed by atoms with van der Waals surface area (Å²) in [5.74, 6) is -3.46. The number of Topliss-reactive ketones (excluding diaryl/α,β-unsaturated/α-hetero) is 1. The lowest BCUT2D eigenvalue weighted by atomic mass is 9.85. The summed E-state index contributed by atoms with van der Waals surface area (Å²) in [6.45, 7) is 12.3. The highest BCUT2D eigenvalue weighted by Crippen LogP contribution is 2.29. The number of allylic oxidation sites excluding steroid dienone is 4. The molecule has 16 nitrogen and oxygen atoms in total. The lowest BCUT2D eigenvalue weighted by molar-refractivity contribution is -0.120. The Morgan fingerprint density at radius 3 is 2.30 bits per heavy atom. The first kappa shape index (κ1) is 47.3. The van der Waals surface area contributed by atoms with E-state index in [-0.39, 0.29) is 53.0 Å². The number of carbonyl (C=O) groups is 6. The van der Waals surface area contributed by atoms with Gasteiger partial charge in [-0.25, -0.2) is 9.59 Å². The minimum absolute atomic E-state index is 0.000258. The van der Waals surface area contributed by atoms with Gasteiger partial charge in [0.15, 0.2) is 6.10 Å². The van der Waals surface area contributed by atoms with E-state index in [2.05, 4.69) is 15.5 Å². The Labute approximate surface area is 351 Å². The van der Waals surface area contributed by atoms with Gasteiger partial charge in [0.2, 0.25) is 11.6 Å². The number of rotatable bonds is 9. The first-order valence-corrected chi connectivity index (χ1v) is 20.2. The Balaban J connectivity index is 1.57. The molecule has 1 aliphatic carbocycles. The summed E-state index contributed by atoms with van der Waals surface area (Å²) in [6.07, 6.45) is 3.31. The Bertz CT molecular complexity index is 1910. The van der Waals surface area contributed by atoms with Crippen molar-refractivity contribution in [1.82, 2.24) is 20.4 Å². The molecule has 2 heterocycles. The van der Waals surface area contributed by atoms with E-state index in [1.807, 2.05) is 19.1 Å². The van der Waals surface area contributed by atoms with E-state index in [1.165, 1.54) is 33.3 Å². The van der Waals surface area contributed by atoms with Gasteiger partial charge in [-0.2, -0.15) is 0 Å². The van der Waals surface area contributed by atoms with E-state index in [0.717, 1.165) is 37.7 Å². The molecular formula is C44H59N5O11. The summed E-state index contributed by atoms with van der Waals surface area (Å²) in [5, 5.41) is 16.7. The fourth-order valence-electron chi connectivity index (χ4n) is 7.39. The molecule has 0 radical (unpaired) electrons. The molecule has 6 atom stereocenters. The summed E-state index contributed by atoms with van der Waals surface area (Å²) in [5.41, 5.74) is 6.93. The van der Waals surface area contributed by atoms with Gasteiger partial charge in [-0.1, -0.05) is 50.3 Å². The van der Waals surface area contributed by atoms with Crippen LogP contribution in [0, 0.1) is 11.8 Å². The first-order chi connectivity index (χ1) is 28.6. The number of ether oxygens (including phenoxy) is 4. The molecule has 1 aromatic carbocycles. The van der Waals surface area contributed by atoms with Crippen LogP contribution >= 0.6 is 0 Å². The number of hydrogen-bond acceptors (Lipinski definition) is 12. The number of piperazine rings is 1. The minimum Gasteiger partial charge on any atom is -0.450 e. The van der Waals surface area contributed by atoms with Gasteiger partial charge in [-0.15, -0.1) is 0 Å². The second-order valence-electron chi connectivity index (χ2n) is 15.4. The zero-order valence-electron chi connectivity index (χ0n) is 35.5. The first-order valence-electron chi connectivity index (χ1n) is 20.2. The van der Waals surface area contributed by atoms with E-state index in [4.69, 9.17) is 24.7 Å². The molecule has 4 amide bonds. The van der Waals surface area contributed by atoms with Crippen LogP contribution in [0.3, 0.4) is 0 Å². The number of methoxy groups -OCH3 is 2. The van der Waals surface area contributed by atoms with Crippen molar-refractivity contribution in [2.24, 2.45) is 17.6 Å². The topological polar surface area (TPSA) is 216 Å². The molecule has 1 saturated heterocycles. The lowest BCUT2D eigenvalue weighted by Crippen LogP contribution is -2.49. The monoisotopic (exact) mass is 833 g/mol. The van der Waals surface area contributed by atoms with Gasteiger partial charge in [0, 0.05) is 75.6 Å². The number of nitrogens with two attached hydrogens (primary N) is 1. The molecule has 0 aromatic heterocycles. The number of carbonyl (C=O) groups excluding carboxylic acids is 6. The number of amides is 4. The molecule has 5 N–H and O–H groups in total. The average molecular weight is 834 g/mol. The van der Waals surface area contributed by atoms with E-state index in [1.54, 1.807) is 50.0 Å². The number of nitrogens with one attached hydrogen (secondary N) is 2. The number of aliphatic hydroxyl groups excluding tert-OH is 1. The maximum Gasteiger partial charge on any atom is 0.409 e. The predicted molar refractivity (Wildman–Crippen MR) is 222 cm³/mol. The number of ketones is 2. The van der Waals surface area contributed by atoms with Crippen molar-refractivity contribution >= 4 is 35.6 Å². The fourth-order valence-corrected chi connectivity index (χ4v) is 7.39. The third-order valence-electron chi connectivity index (χ3n) is 10.9. The maximum absolute atomic E-state index is 14.1. The zero-order valence-corrected chi connectivity index (χ0v) is 35.5. The molecule has 0 saturated carbocycles. The molecule has 2 bridgehead atoms. The van der Waals surface area contributed by atoms with Gasteiger partial charge in [0.25, 0.3) is 11.8 Å². The van der Waals surface area contributed by atoms with Gasteiger partial charge in [0.05, 0.1) is 30.2 Å². The van der Waals surface area contributed by atoms with Crippen LogP contribution in [0.1, 0.15) is 63.4 Å². The molecule has 16 heteroatoms. The smallest absolute Gasteiger partial charge is 0.409 e. The zero-order chi connectivity index (χ0) is 44.1. The van der Waals surface area contributed by atoms with Crippen molar-refractivity contribution in [2.75, 3.05) is 53.6 Å². The molecule has 326 valence electrons. The highest BCUT2D eigenvalue weighted by molar-refractivity contribution is 6.24. The minimum atomic E-state index is -1.05. The van der Waals surface area contributed by atoms with E-state index in [0.29, 0.717) is 25.3 Å². The highest BCUT2D eigenvalue weighted by Gasteiger charge is 2.34. The maximum atomic E-state index is 14.1. The van der Waals surface area contributed by atoms with Crippen molar-refractivity contribution in [3.63, 3.8) is 0 Å². The third-order valence-corrected chi connectivity index (χ3v) is 10.9. The Kier molecular flexibility index (Phi) is 17.5. The number of fused-ring (bicyclic) bond motifs is 2. The van der Waals surface area contributed by atoms with Crippen LogP contribution in [0.4, 0.5) is 9.59 Å². The standard InChI is InChI=1S/C44H59N5O11/c1-8-59-44(56)49-20-18-48(19-21-49)17-16-30-12-14-31(15-13-30)42(54)47-37-32-22-26(2)23-36(58-7)38(51)28(4)24-29(5)40(60-43(45)55)35(57-6)11-9-10-27(3)41(53)46-33(39(32)52)25-34(37)50/h9-15,24-26,28,35-36,38,40,51H,8,16-23H2,1-7H3,(H2,45,55)(H,46,53)(H,47,54)/b11-9-,27-10+,29-24+/t26-,28+,35+,36+,38-,40+/m1/s1. The Morgan fingerprint density at radius 2 is 1.68 bits per heavy atom. The molecule has 3 aliphatic rings. The van der Waals surface area contributed by atoms with Gasteiger partial charge in [-0.3, -0.25) is 24.1 Å².